The maximum atomic E-state index is 11.5. The van der Waals surface area contributed by atoms with Crippen LogP contribution in [0.25, 0.3) is 0 Å². The van der Waals surface area contributed by atoms with Crippen molar-refractivity contribution in [2.45, 2.75) is 32.6 Å². The van der Waals surface area contributed by atoms with Crippen LogP contribution < -0.4 is 4.90 Å². The first kappa shape index (κ1) is 15.7. The maximum absolute atomic E-state index is 11.5. The van der Waals surface area contributed by atoms with Crippen LogP contribution in [-0.4, -0.2) is 47.8 Å². The molecular weight excluding hydrogens is 270 g/mol. The number of ether oxygens (including phenoxy) is 1. The molecule has 0 aliphatic carbocycles. The zero-order chi connectivity index (χ0) is 15.4. The third-order valence-corrected chi connectivity index (χ3v) is 3.77. The Morgan fingerprint density at radius 2 is 2.33 bits per heavy atom. The predicted molar refractivity (Wildman–Crippen MR) is 79.9 cm³/mol. The van der Waals surface area contributed by atoms with Gasteiger partial charge in [0.25, 0.3) is 0 Å². The van der Waals surface area contributed by atoms with Gasteiger partial charge in [-0.2, -0.15) is 0 Å². The van der Waals surface area contributed by atoms with Crippen molar-refractivity contribution >= 4 is 11.7 Å². The molecule has 1 aliphatic rings. The number of aromatic nitrogens is 2. The molecule has 0 bridgehead atoms. The number of nitrogens with zero attached hydrogens (tertiary/aromatic N) is 3. The Balaban J connectivity index is 2.27. The van der Waals surface area contributed by atoms with Crippen LogP contribution in [0.15, 0.2) is 6.20 Å². The summed E-state index contributed by atoms with van der Waals surface area (Å²) >= 11 is 0. The van der Waals surface area contributed by atoms with E-state index in [-0.39, 0.29) is 11.6 Å². The normalized spacial score (nSPS) is 19.0. The number of piperidine rings is 1. The molecule has 2 rings (SSSR count). The lowest BCUT2D eigenvalue weighted by Crippen LogP contribution is -2.38. The van der Waals surface area contributed by atoms with Crippen LogP contribution in [-0.2, 0) is 4.74 Å². The Morgan fingerprint density at radius 1 is 1.57 bits per heavy atom. The van der Waals surface area contributed by atoms with E-state index in [9.17, 15) is 9.90 Å². The highest BCUT2D eigenvalue weighted by atomic mass is 16.5. The van der Waals surface area contributed by atoms with Crippen LogP contribution in [0.3, 0.4) is 0 Å². The molecule has 1 aromatic heterocycles. The molecule has 1 atom stereocenters. The first-order valence-corrected chi connectivity index (χ1v) is 7.37. The number of hydrogen-bond acceptors (Lipinski definition) is 5. The standard InChI is InChI=1S/C15H23N3O3/c1-10(2)14-16-7-12(13(17-14)15(19)20)18-6-4-5-11(8-18)9-21-3/h7,10-11H,4-6,8-9H2,1-3H3,(H,19,20). The molecule has 1 aliphatic heterocycles. The Morgan fingerprint density at radius 3 is 2.95 bits per heavy atom. The van der Waals surface area contributed by atoms with E-state index in [1.54, 1.807) is 13.3 Å². The zero-order valence-corrected chi connectivity index (χ0v) is 12.9. The smallest absolute Gasteiger partial charge is 0.356 e. The summed E-state index contributed by atoms with van der Waals surface area (Å²) in [6, 6.07) is 0. The third kappa shape index (κ3) is 3.69. The fourth-order valence-corrected chi connectivity index (χ4v) is 2.71. The number of hydrogen-bond donors (Lipinski definition) is 1. The minimum atomic E-state index is -0.997. The SMILES string of the molecule is COCC1CCCN(c2cnc(C(C)C)nc2C(=O)O)C1. The lowest BCUT2D eigenvalue weighted by molar-refractivity contribution is 0.0690. The van der Waals surface area contributed by atoms with Crippen LogP contribution >= 0.6 is 0 Å². The molecule has 1 fully saturated rings. The summed E-state index contributed by atoms with van der Waals surface area (Å²) in [5.41, 5.74) is 0.722. The van der Waals surface area contributed by atoms with Gasteiger partial charge in [0.05, 0.1) is 18.5 Å². The van der Waals surface area contributed by atoms with Crippen LogP contribution in [0.2, 0.25) is 0 Å². The van der Waals surface area contributed by atoms with Gasteiger partial charge in [0.1, 0.15) is 5.82 Å². The van der Waals surface area contributed by atoms with E-state index >= 15 is 0 Å². The van der Waals surface area contributed by atoms with Gasteiger partial charge in [0, 0.05) is 26.1 Å². The van der Waals surface area contributed by atoms with E-state index in [0.29, 0.717) is 24.0 Å². The first-order valence-electron chi connectivity index (χ1n) is 7.37. The molecule has 6 heteroatoms. The average molecular weight is 293 g/mol. The van der Waals surface area contributed by atoms with Crippen molar-refractivity contribution in [2.24, 2.45) is 5.92 Å². The van der Waals surface area contributed by atoms with Crippen molar-refractivity contribution in [3.63, 3.8) is 0 Å². The monoisotopic (exact) mass is 293 g/mol. The topological polar surface area (TPSA) is 75.5 Å². The van der Waals surface area contributed by atoms with Gasteiger partial charge in [0.2, 0.25) is 0 Å². The van der Waals surface area contributed by atoms with Gasteiger partial charge in [-0.05, 0) is 18.8 Å². The molecule has 6 nitrogen and oxygen atoms in total. The number of anilines is 1. The van der Waals surface area contributed by atoms with Crippen LogP contribution in [0.5, 0.6) is 0 Å². The Hall–Kier alpha value is -1.69. The van der Waals surface area contributed by atoms with Crippen molar-refractivity contribution in [3.8, 4) is 0 Å². The van der Waals surface area contributed by atoms with E-state index in [1.165, 1.54) is 0 Å². The highest BCUT2D eigenvalue weighted by molar-refractivity contribution is 5.92. The second-order valence-electron chi connectivity index (χ2n) is 5.83. The Bertz CT molecular complexity index is 503. The van der Waals surface area contributed by atoms with Crippen molar-refractivity contribution in [2.75, 3.05) is 31.7 Å². The van der Waals surface area contributed by atoms with Gasteiger partial charge in [-0.3, -0.25) is 0 Å². The molecule has 1 unspecified atom stereocenters. The molecule has 0 saturated carbocycles. The summed E-state index contributed by atoms with van der Waals surface area (Å²) in [5, 5.41) is 9.43. The van der Waals surface area contributed by atoms with Gasteiger partial charge >= 0.3 is 5.97 Å². The average Bonchev–Trinajstić information content (AvgIpc) is 2.47. The number of carboxylic acids is 1. The lowest BCUT2D eigenvalue weighted by atomic mass is 9.98. The molecule has 1 saturated heterocycles. The Kier molecular flexibility index (Phi) is 5.12. The zero-order valence-electron chi connectivity index (χ0n) is 12.9. The fraction of sp³-hybridized carbons (Fsp3) is 0.667. The van der Waals surface area contributed by atoms with Crippen LogP contribution in [0, 0.1) is 5.92 Å². The largest absolute Gasteiger partial charge is 0.476 e. The lowest BCUT2D eigenvalue weighted by Gasteiger charge is -2.34. The molecule has 0 amide bonds. The molecule has 116 valence electrons. The number of carbonyl (C=O) groups is 1. The van der Waals surface area contributed by atoms with Crippen LogP contribution in [0.1, 0.15) is 48.9 Å². The molecule has 2 heterocycles. The number of methoxy groups -OCH3 is 1. The maximum Gasteiger partial charge on any atom is 0.356 e. The summed E-state index contributed by atoms with van der Waals surface area (Å²) in [6.07, 6.45) is 3.79. The fourth-order valence-electron chi connectivity index (χ4n) is 2.71. The molecule has 0 aromatic carbocycles. The van der Waals surface area contributed by atoms with E-state index in [0.717, 1.165) is 25.9 Å². The van der Waals surface area contributed by atoms with Gasteiger partial charge in [0.15, 0.2) is 5.69 Å². The Labute approximate surface area is 125 Å². The van der Waals surface area contributed by atoms with Crippen molar-refractivity contribution < 1.29 is 14.6 Å². The molecule has 21 heavy (non-hydrogen) atoms. The first-order chi connectivity index (χ1) is 10.0. The van der Waals surface area contributed by atoms with Crippen molar-refractivity contribution in [1.82, 2.24) is 9.97 Å². The van der Waals surface area contributed by atoms with Gasteiger partial charge in [-0.15, -0.1) is 0 Å². The van der Waals surface area contributed by atoms with E-state index in [2.05, 4.69) is 14.9 Å². The van der Waals surface area contributed by atoms with E-state index < -0.39 is 5.97 Å². The third-order valence-electron chi connectivity index (χ3n) is 3.77. The van der Waals surface area contributed by atoms with Gasteiger partial charge in [-0.1, -0.05) is 13.8 Å². The highest BCUT2D eigenvalue weighted by Gasteiger charge is 2.25. The quantitative estimate of drug-likeness (QED) is 0.896. The minimum Gasteiger partial charge on any atom is -0.476 e. The summed E-state index contributed by atoms with van der Waals surface area (Å²) in [5.74, 6) is 0.111. The predicted octanol–water partition coefficient (Wildman–Crippen LogP) is 2.16. The van der Waals surface area contributed by atoms with Crippen molar-refractivity contribution in [1.29, 1.82) is 0 Å². The minimum absolute atomic E-state index is 0.103. The molecule has 1 N–H and O–H groups in total. The molecular formula is C15H23N3O3. The summed E-state index contributed by atoms with van der Waals surface area (Å²) in [6.45, 7) is 6.24. The van der Waals surface area contributed by atoms with Gasteiger partial charge < -0.3 is 14.7 Å². The second-order valence-corrected chi connectivity index (χ2v) is 5.83. The van der Waals surface area contributed by atoms with Crippen LogP contribution in [0.4, 0.5) is 5.69 Å². The summed E-state index contributed by atoms with van der Waals surface area (Å²) in [7, 11) is 1.70. The van der Waals surface area contributed by atoms with Crippen molar-refractivity contribution in [3.05, 3.63) is 17.7 Å². The van der Waals surface area contributed by atoms with E-state index in [4.69, 9.17) is 4.74 Å². The number of aromatic carboxylic acids is 1. The number of carboxylic acid groups (broad SMARTS) is 1. The number of rotatable bonds is 5. The molecule has 0 spiro atoms. The molecule has 0 radical (unpaired) electrons. The summed E-state index contributed by atoms with van der Waals surface area (Å²) < 4.78 is 5.22. The highest BCUT2D eigenvalue weighted by Crippen LogP contribution is 2.26. The summed E-state index contributed by atoms with van der Waals surface area (Å²) in [4.78, 5) is 22.1. The van der Waals surface area contributed by atoms with Gasteiger partial charge in [-0.25, -0.2) is 14.8 Å². The molecule has 1 aromatic rings. The second kappa shape index (κ2) is 6.85. The van der Waals surface area contributed by atoms with E-state index in [1.807, 2.05) is 13.8 Å².